The number of hydrogen-bond acceptors (Lipinski definition) is 5. The summed E-state index contributed by atoms with van der Waals surface area (Å²) in [5.41, 5.74) is 2.88. The minimum Gasteiger partial charge on any atom is -0.350 e. The van der Waals surface area contributed by atoms with E-state index < -0.39 is 0 Å². The SMILES string of the molecule is Fc1ccccc1CNc1ncc2nc(-c3ccccc3Cl)n(CCC3CCCCN3)c2n1. The van der Waals surface area contributed by atoms with E-state index in [1.807, 2.05) is 30.3 Å². The lowest BCUT2D eigenvalue weighted by molar-refractivity contribution is 0.368. The van der Waals surface area contributed by atoms with Crippen molar-refractivity contribution in [3.63, 3.8) is 0 Å². The third kappa shape index (κ3) is 4.84. The molecule has 0 bridgehead atoms. The Kier molecular flexibility index (Phi) is 6.51. The van der Waals surface area contributed by atoms with Gasteiger partial charge in [-0.2, -0.15) is 4.98 Å². The van der Waals surface area contributed by atoms with Crippen molar-refractivity contribution in [1.82, 2.24) is 24.8 Å². The number of aryl methyl sites for hydroxylation is 1. The van der Waals surface area contributed by atoms with Crippen LogP contribution in [0.15, 0.2) is 54.7 Å². The first-order valence-corrected chi connectivity index (χ1v) is 11.8. The van der Waals surface area contributed by atoms with E-state index in [0.717, 1.165) is 36.5 Å². The summed E-state index contributed by atoms with van der Waals surface area (Å²) in [5.74, 6) is 0.970. The van der Waals surface area contributed by atoms with E-state index in [1.165, 1.54) is 25.3 Å². The molecule has 8 heteroatoms. The Morgan fingerprint density at radius 1 is 1.09 bits per heavy atom. The summed E-state index contributed by atoms with van der Waals surface area (Å²) >= 11 is 6.52. The van der Waals surface area contributed by atoms with Gasteiger partial charge in [-0.05, 0) is 44.0 Å². The van der Waals surface area contributed by atoms with Gasteiger partial charge < -0.3 is 15.2 Å². The first kappa shape index (κ1) is 21.8. The van der Waals surface area contributed by atoms with E-state index in [9.17, 15) is 4.39 Å². The van der Waals surface area contributed by atoms with E-state index in [2.05, 4.69) is 20.2 Å². The van der Waals surface area contributed by atoms with Crippen LogP contribution < -0.4 is 10.6 Å². The number of piperidine rings is 1. The number of hydrogen-bond donors (Lipinski definition) is 2. The van der Waals surface area contributed by atoms with Crippen molar-refractivity contribution in [2.45, 2.75) is 44.8 Å². The minimum absolute atomic E-state index is 0.253. The quantitative estimate of drug-likeness (QED) is 0.381. The number of halogens is 2. The van der Waals surface area contributed by atoms with Crippen LogP contribution in [0.4, 0.5) is 10.3 Å². The Morgan fingerprint density at radius 2 is 1.94 bits per heavy atom. The molecule has 1 fully saturated rings. The van der Waals surface area contributed by atoms with Crippen LogP contribution in [-0.2, 0) is 13.1 Å². The maximum atomic E-state index is 14.0. The number of nitrogens with zero attached hydrogens (tertiary/aromatic N) is 4. The fourth-order valence-corrected chi connectivity index (χ4v) is 4.56. The number of aromatic nitrogens is 4. The third-order valence-corrected chi connectivity index (χ3v) is 6.44. The Balaban J connectivity index is 1.48. The van der Waals surface area contributed by atoms with Crippen LogP contribution in [0.1, 0.15) is 31.2 Å². The van der Waals surface area contributed by atoms with Crippen LogP contribution in [-0.4, -0.2) is 32.1 Å². The maximum Gasteiger partial charge on any atom is 0.225 e. The highest BCUT2D eigenvalue weighted by Crippen LogP contribution is 2.30. The molecule has 0 spiro atoms. The molecule has 0 amide bonds. The molecule has 1 aliphatic heterocycles. The van der Waals surface area contributed by atoms with Gasteiger partial charge in [-0.15, -0.1) is 0 Å². The van der Waals surface area contributed by atoms with Crippen molar-refractivity contribution in [1.29, 1.82) is 0 Å². The molecule has 0 aliphatic carbocycles. The smallest absolute Gasteiger partial charge is 0.225 e. The predicted molar refractivity (Wildman–Crippen MR) is 130 cm³/mol. The third-order valence-electron chi connectivity index (χ3n) is 6.11. The number of anilines is 1. The second kappa shape index (κ2) is 9.85. The molecule has 0 radical (unpaired) electrons. The van der Waals surface area contributed by atoms with Gasteiger partial charge in [-0.1, -0.05) is 48.4 Å². The van der Waals surface area contributed by atoms with Crippen LogP contribution in [0.25, 0.3) is 22.6 Å². The molecular weight excluding hydrogens is 439 g/mol. The lowest BCUT2D eigenvalue weighted by atomic mass is 10.0. The molecule has 2 aromatic heterocycles. The molecule has 4 aromatic rings. The summed E-state index contributed by atoms with van der Waals surface area (Å²) in [6, 6.07) is 14.9. The summed E-state index contributed by atoms with van der Waals surface area (Å²) in [7, 11) is 0. The lowest BCUT2D eigenvalue weighted by Crippen LogP contribution is -2.34. The number of benzene rings is 2. The zero-order valence-corrected chi connectivity index (χ0v) is 19.0. The van der Waals surface area contributed by atoms with Crippen molar-refractivity contribution >= 4 is 28.7 Å². The van der Waals surface area contributed by atoms with Crippen LogP contribution in [0.2, 0.25) is 5.02 Å². The predicted octanol–water partition coefficient (Wildman–Crippen LogP) is 5.43. The number of nitrogens with one attached hydrogen (secondary N) is 2. The average Bonchev–Trinajstić information content (AvgIpc) is 3.20. The minimum atomic E-state index is -0.253. The Morgan fingerprint density at radius 3 is 2.76 bits per heavy atom. The van der Waals surface area contributed by atoms with Crippen LogP contribution in [0.3, 0.4) is 0 Å². The van der Waals surface area contributed by atoms with Crippen molar-refractivity contribution in [3.05, 3.63) is 71.1 Å². The van der Waals surface area contributed by atoms with Gasteiger partial charge in [-0.25, -0.2) is 14.4 Å². The molecule has 2 N–H and O–H groups in total. The van der Waals surface area contributed by atoms with Crippen molar-refractivity contribution in [2.75, 3.05) is 11.9 Å². The second-order valence-corrected chi connectivity index (χ2v) is 8.76. The Labute approximate surface area is 197 Å². The van der Waals surface area contributed by atoms with Crippen molar-refractivity contribution < 1.29 is 4.39 Å². The fraction of sp³-hybridized carbons (Fsp3) is 0.320. The maximum absolute atomic E-state index is 14.0. The lowest BCUT2D eigenvalue weighted by Gasteiger charge is -2.24. The van der Waals surface area contributed by atoms with Gasteiger partial charge in [-0.3, -0.25) is 0 Å². The van der Waals surface area contributed by atoms with Crippen LogP contribution >= 0.6 is 11.6 Å². The highest BCUT2D eigenvalue weighted by molar-refractivity contribution is 6.33. The average molecular weight is 465 g/mol. The highest BCUT2D eigenvalue weighted by Gasteiger charge is 2.19. The van der Waals surface area contributed by atoms with Crippen LogP contribution in [0, 0.1) is 5.82 Å². The van der Waals surface area contributed by atoms with E-state index in [-0.39, 0.29) is 5.82 Å². The van der Waals surface area contributed by atoms with Crippen molar-refractivity contribution in [2.24, 2.45) is 0 Å². The number of fused-ring (bicyclic) bond motifs is 1. The molecule has 0 saturated carbocycles. The molecule has 6 nitrogen and oxygen atoms in total. The van der Waals surface area contributed by atoms with E-state index >= 15 is 0 Å². The summed E-state index contributed by atoms with van der Waals surface area (Å²) in [5, 5.41) is 7.41. The second-order valence-electron chi connectivity index (χ2n) is 8.35. The topological polar surface area (TPSA) is 67.7 Å². The monoisotopic (exact) mass is 464 g/mol. The highest BCUT2D eigenvalue weighted by atomic mass is 35.5. The van der Waals surface area contributed by atoms with Gasteiger partial charge in [0.1, 0.15) is 17.2 Å². The largest absolute Gasteiger partial charge is 0.350 e. The molecule has 33 heavy (non-hydrogen) atoms. The zero-order valence-electron chi connectivity index (χ0n) is 18.3. The zero-order chi connectivity index (χ0) is 22.6. The van der Waals surface area contributed by atoms with Gasteiger partial charge in [0.15, 0.2) is 5.65 Å². The molecule has 170 valence electrons. The molecule has 3 heterocycles. The normalized spacial score (nSPS) is 16.2. The number of rotatable bonds is 7. The molecule has 5 rings (SSSR count). The van der Waals surface area contributed by atoms with Gasteiger partial charge in [0.2, 0.25) is 5.95 Å². The summed E-state index contributed by atoms with van der Waals surface area (Å²) in [4.78, 5) is 14.0. The Hall–Kier alpha value is -3.03. The Bertz CT molecular complexity index is 1250. The summed E-state index contributed by atoms with van der Waals surface area (Å²) in [6.07, 6.45) is 6.36. The molecule has 1 unspecified atom stereocenters. The van der Waals surface area contributed by atoms with E-state index in [0.29, 0.717) is 34.6 Å². The summed E-state index contributed by atoms with van der Waals surface area (Å²) < 4.78 is 16.1. The van der Waals surface area contributed by atoms with E-state index in [4.69, 9.17) is 21.6 Å². The number of imidazole rings is 1. The van der Waals surface area contributed by atoms with Gasteiger partial charge in [0.05, 0.1) is 11.2 Å². The van der Waals surface area contributed by atoms with Crippen LogP contribution in [0.5, 0.6) is 0 Å². The summed E-state index contributed by atoms with van der Waals surface area (Å²) in [6.45, 7) is 2.13. The van der Waals surface area contributed by atoms with Gasteiger partial charge in [0, 0.05) is 30.3 Å². The van der Waals surface area contributed by atoms with Gasteiger partial charge in [0.25, 0.3) is 0 Å². The van der Waals surface area contributed by atoms with Crippen molar-refractivity contribution in [3.8, 4) is 11.4 Å². The molecule has 1 saturated heterocycles. The molecule has 2 aromatic carbocycles. The van der Waals surface area contributed by atoms with Gasteiger partial charge >= 0.3 is 0 Å². The molecule has 1 aliphatic rings. The fourth-order valence-electron chi connectivity index (χ4n) is 4.34. The van der Waals surface area contributed by atoms with E-state index in [1.54, 1.807) is 18.3 Å². The molecular formula is C25H26ClFN6. The first-order valence-electron chi connectivity index (χ1n) is 11.4. The standard InChI is InChI=1S/C25H26ClFN6/c26-20-10-3-2-9-19(20)23-31-22-16-30-25(29-15-17-7-1-4-11-21(17)27)32-24(22)33(23)14-12-18-8-5-6-13-28-18/h1-4,7,9-11,16,18,28H,5-6,8,12-15H2,(H,29,30,32). The molecule has 1 atom stereocenters. The first-order chi connectivity index (χ1) is 16.2.